The quantitative estimate of drug-likeness (QED) is 0.626. The Kier molecular flexibility index (Phi) is 3.22. The van der Waals surface area contributed by atoms with E-state index in [1.165, 1.54) is 0 Å². The zero-order valence-electron chi connectivity index (χ0n) is 8.46. The van der Waals surface area contributed by atoms with Crippen molar-refractivity contribution < 1.29 is 0 Å². The lowest BCUT2D eigenvalue weighted by Gasteiger charge is -2.25. The van der Waals surface area contributed by atoms with E-state index >= 15 is 0 Å². The number of nitrogens with zero attached hydrogens (tertiary/aromatic N) is 2. The van der Waals surface area contributed by atoms with Crippen LogP contribution in [0.2, 0.25) is 0 Å². The Morgan fingerprint density at radius 1 is 1.46 bits per heavy atom. The molecule has 0 saturated heterocycles. The molecule has 1 aliphatic heterocycles. The minimum Gasteiger partial charge on any atom is -0.299 e. The van der Waals surface area contributed by atoms with E-state index in [-0.39, 0.29) is 5.54 Å². The van der Waals surface area contributed by atoms with Crippen LogP contribution in [0.25, 0.3) is 0 Å². The first-order valence-corrected chi connectivity index (χ1v) is 5.33. The Balaban J connectivity index is 2.67. The Labute approximate surface area is 83.6 Å². The Bertz CT molecular complexity index is 229. The highest BCUT2D eigenvalue weighted by molar-refractivity contribution is 7.96. The van der Waals surface area contributed by atoms with Crippen molar-refractivity contribution in [1.29, 1.82) is 0 Å². The molecule has 0 atom stereocenters. The van der Waals surface area contributed by atoms with Crippen LogP contribution in [0.3, 0.4) is 0 Å². The largest absolute Gasteiger partial charge is 0.299 e. The molecule has 74 valence electrons. The molecule has 0 saturated carbocycles. The summed E-state index contributed by atoms with van der Waals surface area (Å²) in [5, 5.41) is 0. The minimum absolute atomic E-state index is 0.0475. The molecule has 0 bridgehead atoms. The fraction of sp³-hybridized carbons (Fsp3) is 0.625. The van der Waals surface area contributed by atoms with Gasteiger partial charge in [-0.3, -0.25) is 15.8 Å². The Morgan fingerprint density at radius 3 is 2.69 bits per heavy atom. The highest BCUT2D eigenvalue weighted by Gasteiger charge is 2.12. The third-order valence-corrected chi connectivity index (χ3v) is 1.85. The molecule has 0 spiro atoms. The maximum atomic E-state index is 4.49. The predicted octanol–water partition coefficient (Wildman–Crippen LogP) is 1.30. The van der Waals surface area contributed by atoms with Crippen LogP contribution < -0.4 is 10.9 Å². The number of aliphatic imine (C=N–C) groups is 1. The van der Waals surface area contributed by atoms with Crippen molar-refractivity contribution >= 4 is 17.8 Å². The van der Waals surface area contributed by atoms with Gasteiger partial charge in [0.05, 0.1) is 5.54 Å². The summed E-state index contributed by atoms with van der Waals surface area (Å²) < 4.78 is 1.80. The molecule has 0 aliphatic carbocycles. The lowest BCUT2D eigenvalue weighted by atomic mass is 10.1. The molecule has 5 heteroatoms. The highest BCUT2D eigenvalue weighted by Crippen LogP contribution is 2.08. The molecule has 0 aromatic heterocycles. The summed E-state index contributed by atoms with van der Waals surface area (Å²) in [6, 6.07) is 0. The van der Waals surface area contributed by atoms with Gasteiger partial charge >= 0.3 is 0 Å². The standard InChI is InChI=1S/C8H16N4S/c1-8(2,3)10-7-5-6-9-12(11-7)13-4/h5-6,9H,1-4H3,(H,10,11). The number of hydrogen-bond donors (Lipinski definition) is 2. The summed E-state index contributed by atoms with van der Waals surface area (Å²) in [5.41, 5.74) is 6.07. The van der Waals surface area contributed by atoms with E-state index in [2.05, 4.69) is 36.6 Å². The molecule has 0 radical (unpaired) electrons. The van der Waals surface area contributed by atoms with E-state index in [1.807, 2.05) is 18.5 Å². The maximum absolute atomic E-state index is 4.49. The third kappa shape index (κ3) is 3.69. The highest BCUT2D eigenvalue weighted by atomic mass is 32.2. The number of rotatable bonds is 1. The summed E-state index contributed by atoms with van der Waals surface area (Å²) in [7, 11) is 0. The summed E-state index contributed by atoms with van der Waals surface area (Å²) in [6.45, 7) is 6.21. The average Bonchev–Trinajstić information content (AvgIpc) is 2.01. The number of hydrazine groups is 2. The SMILES string of the molecule is CSN1NC=CC(=NC(C)(C)C)N1. The number of hydrogen-bond acceptors (Lipinski definition) is 4. The van der Waals surface area contributed by atoms with Crippen molar-refractivity contribution in [2.75, 3.05) is 6.26 Å². The zero-order chi connectivity index (χ0) is 9.90. The van der Waals surface area contributed by atoms with Gasteiger partial charge in [-0.05, 0) is 38.8 Å². The van der Waals surface area contributed by atoms with E-state index in [0.717, 1.165) is 5.84 Å². The maximum Gasteiger partial charge on any atom is 0.139 e. The lowest BCUT2D eigenvalue weighted by Crippen LogP contribution is -2.47. The van der Waals surface area contributed by atoms with Crippen molar-refractivity contribution in [2.45, 2.75) is 26.3 Å². The van der Waals surface area contributed by atoms with E-state index < -0.39 is 0 Å². The van der Waals surface area contributed by atoms with Crippen LogP contribution in [0.15, 0.2) is 17.3 Å². The van der Waals surface area contributed by atoms with Gasteiger partial charge < -0.3 is 0 Å². The minimum atomic E-state index is -0.0475. The lowest BCUT2D eigenvalue weighted by molar-refractivity contribution is 0.358. The van der Waals surface area contributed by atoms with Crippen LogP contribution in [-0.2, 0) is 0 Å². The van der Waals surface area contributed by atoms with Gasteiger partial charge in [0.25, 0.3) is 0 Å². The van der Waals surface area contributed by atoms with Crippen LogP contribution in [0.1, 0.15) is 20.8 Å². The first-order valence-electron chi connectivity index (χ1n) is 4.15. The predicted molar refractivity (Wildman–Crippen MR) is 58.0 cm³/mol. The van der Waals surface area contributed by atoms with Gasteiger partial charge in [0, 0.05) is 12.5 Å². The van der Waals surface area contributed by atoms with Gasteiger partial charge in [0.1, 0.15) is 5.84 Å². The molecular formula is C8H16N4S. The van der Waals surface area contributed by atoms with Crippen molar-refractivity contribution in [3.05, 3.63) is 12.3 Å². The van der Waals surface area contributed by atoms with Crippen LogP contribution in [0.4, 0.5) is 0 Å². The van der Waals surface area contributed by atoms with Crippen LogP contribution in [0, 0.1) is 0 Å². The summed E-state index contributed by atoms with van der Waals surface area (Å²) in [4.78, 5) is 4.49. The molecule has 0 fully saturated rings. The zero-order valence-corrected chi connectivity index (χ0v) is 9.27. The van der Waals surface area contributed by atoms with E-state index in [4.69, 9.17) is 0 Å². The smallest absolute Gasteiger partial charge is 0.139 e. The normalized spacial score (nSPS) is 21.4. The number of amidine groups is 1. The number of nitrogens with one attached hydrogen (secondary N) is 2. The van der Waals surface area contributed by atoms with Crippen LogP contribution in [-0.4, -0.2) is 22.2 Å². The van der Waals surface area contributed by atoms with Gasteiger partial charge in [-0.15, -0.1) is 0 Å². The van der Waals surface area contributed by atoms with E-state index in [1.54, 1.807) is 16.5 Å². The van der Waals surface area contributed by atoms with Gasteiger partial charge in [-0.25, -0.2) is 0 Å². The van der Waals surface area contributed by atoms with Crippen molar-refractivity contribution in [1.82, 2.24) is 15.4 Å². The monoisotopic (exact) mass is 200 g/mol. The van der Waals surface area contributed by atoms with E-state index in [9.17, 15) is 0 Å². The summed E-state index contributed by atoms with van der Waals surface area (Å²) >= 11 is 1.55. The fourth-order valence-electron chi connectivity index (χ4n) is 0.879. The molecule has 0 aromatic rings. The molecule has 0 unspecified atom stereocenters. The second-order valence-corrected chi connectivity index (χ2v) is 4.45. The third-order valence-electron chi connectivity index (χ3n) is 1.29. The molecule has 13 heavy (non-hydrogen) atoms. The van der Waals surface area contributed by atoms with Crippen LogP contribution >= 0.6 is 11.9 Å². The van der Waals surface area contributed by atoms with Crippen molar-refractivity contribution in [2.24, 2.45) is 4.99 Å². The molecule has 0 amide bonds. The first kappa shape index (κ1) is 10.4. The molecule has 2 N–H and O–H groups in total. The molecule has 1 rings (SSSR count). The van der Waals surface area contributed by atoms with Gasteiger partial charge in [-0.1, -0.05) is 4.52 Å². The van der Waals surface area contributed by atoms with Gasteiger partial charge in [0.2, 0.25) is 0 Å². The van der Waals surface area contributed by atoms with Crippen molar-refractivity contribution in [3.63, 3.8) is 0 Å². The van der Waals surface area contributed by atoms with E-state index in [0.29, 0.717) is 0 Å². The molecular weight excluding hydrogens is 184 g/mol. The first-order chi connectivity index (χ1) is 6.01. The van der Waals surface area contributed by atoms with Gasteiger partial charge in [0.15, 0.2) is 0 Å². The summed E-state index contributed by atoms with van der Waals surface area (Å²) in [6.07, 6.45) is 5.75. The fourth-order valence-corrected chi connectivity index (χ4v) is 1.23. The van der Waals surface area contributed by atoms with Crippen molar-refractivity contribution in [3.8, 4) is 0 Å². The van der Waals surface area contributed by atoms with Gasteiger partial charge in [-0.2, -0.15) is 0 Å². The molecule has 1 heterocycles. The Hall–Kier alpha value is -0.680. The average molecular weight is 200 g/mol. The Morgan fingerprint density at radius 2 is 2.15 bits per heavy atom. The van der Waals surface area contributed by atoms with Crippen LogP contribution in [0.5, 0.6) is 0 Å². The second kappa shape index (κ2) is 4.02. The second-order valence-electron chi connectivity index (χ2n) is 3.72. The molecule has 0 aromatic carbocycles. The molecule has 1 aliphatic rings. The summed E-state index contributed by atoms with van der Waals surface area (Å²) in [5.74, 6) is 0.876. The topological polar surface area (TPSA) is 39.7 Å². The molecule has 4 nitrogen and oxygen atoms in total.